The summed E-state index contributed by atoms with van der Waals surface area (Å²) in [5, 5.41) is 3.76. The van der Waals surface area contributed by atoms with Gasteiger partial charge in [0, 0.05) is 34.6 Å². The highest BCUT2D eigenvalue weighted by atomic mass is 16.5. The van der Waals surface area contributed by atoms with Gasteiger partial charge in [-0.25, -0.2) is 9.97 Å². The summed E-state index contributed by atoms with van der Waals surface area (Å²) in [5.41, 5.74) is 8.82. The average molecular weight is 679 g/mol. The number of nitrogens with zero attached hydrogens (tertiary/aromatic N) is 3. The van der Waals surface area contributed by atoms with Crippen LogP contribution in [0, 0.1) is 17.8 Å². The van der Waals surface area contributed by atoms with Crippen molar-refractivity contribution in [3.8, 4) is 22.6 Å². The van der Waals surface area contributed by atoms with Crippen LogP contribution in [0.25, 0.3) is 28.2 Å². The molecule has 0 amide bonds. The van der Waals surface area contributed by atoms with Crippen molar-refractivity contribution in [2.24, 2.45) is 17.8 Å². The first-order chi connectivity index (χ1) is 25.8. The minimum atomic E-state index is 0.0509. The van der Waals surface area contributed by atoms with Gasteiger partial charge in [-0.15, -0.1) is 0 Å². The van der Waals surface area contributed by atoms with Gasteiger partial charge in [-0.1, -0.05) is 121 Å². The fourth-order valence-corrected chi connectivity index (χ4v) is 9.07. The Labute approximate surface area is 306 Å². The van der Waals surface area contributed by atoms with Gasteiger partial charge in [0.2, 0.25) is 0 Å². The van der Waals surface area contributed by atoms with E-state index in [1.165, 1.54) is 23.4 Å². The van der Waals surface area contributed by atoms with E-state index in [1.807, 2.05) is 6.07 Å². The standard InChI is InChI=1S/C47H42N4O/c1-4-12-31(13-5-1)32-20-22-34(23-21-32)41-30-40(33-14-6-2-7-15-33)48-46(49-41)35-24-26-37(27-25-35)51-42-19-11-10-18-38(42)44-43(51)29-28-39-45(44)52-47(50-39)36-16-8-3-9-17-36/h1-8,10-15,18-20,22-30,32,36,38,42-44,47,50H,9,16-17,21H2. The van der Waals surface area contributed by atoms with E-state index in [4.69, 9.17) is 14.7 Å². The van der Waals surface area contributed by atoms with Crippen LogP contribution >= 0.6 is 0 Å². The molecule has 10 rings (SSSR count). The van der Waals surface area contributed by atoms with Crippen molar-refractivity contribution in [3.05, 3.63) is 181 Å². The minimum Gasteiger partial charge on any atom is -0.472 e. The maximum atomic E-state index is 6.84. The van der Waals surface area contributed by atoms with Gasteiger partial charge in [0.15, 0.2) is 12.1 Å². The molecule has 2 aliphatic heterocycles. The second-order valence-corrected chi connectivity index (χ2v) is 14.8. The Morgan fingerprint density at radius 2 is 1.52 bits per heavy atom. The van der Waals surface area contributed by atoms with Crippen LogP contribution in [-0.4, -0.2) is 28.3 Å². The largest absolute Gasteiger partial charge is 0.472 e. The van der Waals surface area contributed by atoms with Gasteiger partial charge in [0.25, 0.3) is 0 Å². The van der Waals surface area contributed by atoms with Crippen molar-refractivity contribution in [2.75, 3.05) is 4.90 Å². The SMILES string of the molecule is C1=CC2C3C4=C(C=CC3N(c3ccc(-c5nc(C6=CCC(c7ccccc7)C=C6)cc(-c6ccccc6)n5)cc3)C2C=C1)NC(C1CC=CCC1)O4. The van der Waals surface area contributed by atoms with Crippen molar-refractivity contribution in [2.45, 2.75) is 49.9 Å². The maximum Gasteiger partial charge on any atom is 0.172 e. The van der Waals surface area contributed by atoms with E-state index in [1.54, 1.807) is 0 Å². The Hall–Kier alpha value is -5.68. The quantitative estimate of drug-likeness (QED) is 0.206. The van der Waals surface area contributed by atoms with Crippen molar-refractivity contribution in [1.29, 1.82) is 0 Å². The lowest BCUT2D eigenvalue weighted by Gasteiger charge is -2.32. The summed E-state index contributed by atoms with van der Waals surface area (Å²) in [4.78, 5) is 12.9. The Morgan fingerprint density at radius 3 is 2.31 bits per heavy atom. The number of allylic oxidation sites excluding steroid dienone is 9. The van der Waals surface area contributed by atoms with Crippen LogP contribution in [0.1, 0.15) is 42.9 Å². The molecule has 0 saturated carbocycles. The van der Waals surface area contributed by atoms with Gasteiger partial charge in [-0.2, -0.15) is 0 Å². The van der Waals surface area contributed by atoms with E-state index in [2.05, 4.69) is 162 Å². The Bertz CT molecular complexity index is 2190. The van der Waals surface area contributed by atoms with Gasteiger partial charge >= 0.3 is 0 Å². The number of benzene rings is 3. The number of ether oxygens (including phenoxy) is 1. The third-order valence-corrected chi connectivity index (χ3v) is 11.7. The van der Waals surface area contributed by atoms with Gasteiger partial charge in [-0.3, -0.25) is 0 Å². The molecular weight excluding hydrogens is 637 g/mol. The van der Waals surface area contributed by atoms with Gasteiger partial charge < -0.3 is 15.0 Å². The number of fused-ring (bicyclic) bond motifs is 4. The van der Waals surface area contributed by atoms with Crippen molar-refractivity contribution in [1.82, 2.24) is 15.3 Å². The lowest BCUT2D eigenvalue weighted by molar-refractivity contribution is 0.0500. The lowest BCUT2D eigenvalue weighted by Crippen LogP contribution is -2.37. The molecule has 1 aromatic heterocycles. The van der Waals surface area contributed by atoms with Crippen LogP contribution in [-0.2, 0) is 4.74 Å². The molecule has 5 heteroatoms. The molecule has 52 heavy (non-hydrogen) atoms. The molecule has 0 spiro atoms. The van der Waals surface area contributed by atoms with Crippen LogP contribution in [0.5, 0.6) is 0 Å². The molecule has 7 atom stereocenters. The average Bonchev–Trinajstić information content (AvgIpc) is 3.82. The molecule has 4 aliphatic carbocycles. The van der Waals surface area contributed by atoms with Crippen molar-refractivity contribution in [3.63, 3.8) is 0 Å². The van der Waals surface area contributed by atoms with Crippen LogP contribution in [0.4, 0.5) is 5.69 Å². The van der Waals surface area contributed by atoms with Gasteiger partial charge in [0.05, 0.1) is 35.1 Å². The Kier molecular flexibility index (Phi) is 7.85. The maximum absolute atomic E-state index is 6.84. The van der Waals surface area contributed by atoms with Crippen molar-refractivity contribution >= 4 is 11.3 Å². The highest BCUT2D eigenvalue weighted by molar-refractivity contribution is 5.78. The van der Waals surface area contributed by atoms with E-state index in [-0.39, 0.29) is 24.2 Å². The summed E-state index contributed by atoms with van der Waals surface area (Å²) in [6.45, 7) is 0. The highest BCUT2D eigenvalue weighted by Gasteiger charge is 2.52. The number of hydrogen-bond acceptors (Lipinski definition) is 5. The molecule has 5 nitrogen and oxygen atoms in total. The first-order valence-corrected chi connectivity index (χ1v) is 18.9. The summed E-state index contributed by atoms with van der Waals surface area (Å²) in [5.74, 6) is 3.35. The molecule has 4 aromatic rings. The molecule has 256 valence electrons. The summed E-state index contributed by atoms with van der Waals surface area (Å²) in [6.07, 6.45) is 29.7. The second-order valence-electron chi connectivity index (χ2n) is 14.8. The third kappa shape index (κ3) is 5.56. The smallest absolute Gasteiger partial charge is 0.172 e. The molecule has 1 N–H and O–H groups in total. The first kappa shape index (κ1) is 31.1. The highest BCUT2D eigenvalue weighted by Crippen LogP contribution is 2.50. The predicted molar refractivity (Wildman–Crippen MR) is 210 cm³/mol. The first-order valence-electron chi connectivity index (χ1n) is 18.9. The molecule has 0 radical (unpaired) electrons. The summed E-state index contributed by atoms with van der Waals surface area (Å²) >= 11 is 0. The lowest BCUT2D eigenvalue weighted by atomic mass is 9.81. The molecule has 1 fully saturated rings. The number of hydrogen-bond donors (Lipinski definition) is 1. The molecule has 3 aromatic carbocycles. The topological polar surface area (TPSA) is 50.3 Å². The summed E-state index contributed by atoms with van der Waals surface area (Å²) in [6, 6.07) is 32.7. The zero-order chi connectivity index (χ0) is 34.4. The van der Waals surface area contributed by atoms with Crippen LogP contribution < -0.4 is 10.2 Å². The molecule has 7 unspecified atom stereocenters. The zero-order valence-corrected chi connectivity index (χ0v) is 29.1. The fourth-order valence-electron chi connectivity index (χ4n) is 9.07. The molecule has 6 aliphatic rings. The van der Waals surface area contributed by atoms with E-state index < -0.39 is 0 Å². The normalized spacial score (nSPS) is 28.2. The number of aromatic nitrogens is 2. The number of anilines is 1. The summed E-state index contributed by atoms with van der Waals surface area (Å²) in [7, 11) is 0. The van der Waals surface area contributed by atoms with E-state index in [0.717, 1.165) is 58.9 Å². The number of rotatable bonds is 6. The Balaban J connectivity index is 0.951. The Morgan fingerprint density at radius 1 is 0.712 bits per heavy atom. The summed E-state index contributed by atoms with van der Waals surface area (Å²) < 4.78 is 6.84. The molecular formula is C47H42N4O. The van der Waals surface area contributed by atoms with E-state index in [0.29, 0.717) is 17.8 Å². The van der Waals surface area contributed by atoms with Gasteiger partial charge in [-0.05, 0) is 73.2 Å². The molecule has 0 bridgehead atoms. The third-order valence-electron chi connectivity index (χ3n) is 11.7. The van der Waals surface area contributed by atoms with Crippen LogP contribution in [0.3, 0.4) is 0 Å². The zero-order valence-electron chi connectivity index (χ0n) is 29.1. The fraction of sp³-hybridized carbons (Fsp3) is 0.234. The minimum absolute atomic E-state index is 0.0509. The van der Waals surface area contributed by atoms with E-state index in [9.17, 15) is 0 Å². The molecule has 3 heterocycles. The van der Waals surface area contributed by atoms with Gasteiger partial charge in [0.1, 0.15) is 5.76 Å². The van der Waals surface area contributed by atoms with Crippen LogP contribution in [0.2, 0.25) is 0 Å². The van der Waals surface area contributed by atoms with Crippen molar-refractivity contribution < 1.29 is 4.74 Å². The van der Waals surface area contributed by atoms with Crippen LogP contribution in [0.15, 0.2) is 169 Å². The monoisotopic (exact) mass is 678 g/mol. The predicted octanol–water partition coefficient (Wildman–Crippen LogP) is 9.94. The van der Waals surface area contributed by atoms with E-state index >= 15 is 0 Å². The molecule has 1 saturated heterocycles. The second kappa shape index (κ2) is 13.1. The number of nitrogens with one attached hydrogen (secondary N) is 1.